The molecule has 1 N–H and O–H groups in total. The van der Waals surface area contributed by atoms with Gasteiger partial charge in [0.05, 0.1) is 0 Å². The van der Waals surface area contributed by atoms with E-state index in [2.05, 4.69) is 0 Å². The summed E-state index contributed by atoms with van der Waals surface area (Å²) in [5, 5.41) is 9.30. The van der Waals surface area contributed by atoms with Gasteiger partial charge < -0.3 is 10.0 Å². The molecule has 2 heterocycles. The number of anilines is 1. The average Bonchev–Trinajstić information content (AvgIpc) is 2.28. The van der Waals surface area contributed by atoms with Gasteiger partial charge >= 0.3 is 5.97 Å². The smallest absolute Gasteiger partial charge is 0.326 e. The molecular formula is C13H14FNO2. The Morgan fingerprint density at radius 1 is 1.29 bits per heavy atom. The van der Waals surface area contributed by atoms with Gasteiger partial charge in [-0.25, -0.2) is 9.18 Å². The van der Waals surface area contributed by atoms with Gasteiger partial charge in [-0.1, -0.05) is 0 Å². The van der Waals surface area contributed by atoms with E-state index in [1.807, 2.05) is 4.90 Å². The minimum absolute atomic E-state index is 0.260. The first-order valence-electron chi connectivity index (χ1n) is 5.90. The monoisotopic (exact) mass is 235 g/mol. The molecule has 1 atom stereocenters. The minimum atomic E-state index is -0.766. The van der Waals surface area contributed by atoms with Crippen LogP contribution in [0.5, 0.6) is 0 Å². The Bertz CT molecular complexity index is 439. The Morgan fingerprint density at radius 3 is 2.53 bits per heavy atom. The van der Waals surface area contributed by atoms with Gasteiger partial charge in [-0.15, -0.1) is 0 Å². The van der Waals surface area contributed by atoms with Crippen LogP contribution in [0.3, 0.4) is 0 Å². The molecule has 3 nitrogen and oxygen atoms in total. The third-order valence-electron chi connectivity index (χ3n) is 3.92. The van der Waals surface area contributed by atoms with E-state index in [4.69, 9.17) is 0 Å². The van der Waals surface area contributed by atoms with Crippen molar-refractivity contribution in [3.8, 4) is 0 Å². The Kier molecular flexibility index (Phi) is 2.31. The van der Waals surface area contributed by atoms with Gasteiger partial charge in [0, 0.05) is 12.2 Å². The maximum absolute atomic E-state index is 12.9. The number of hydrogen-bond acceptors (Lipinski definition) is 2. The molecule has 0 aromatic heterocycles. The highest BCUT2D eigenvalue weighted by Crippen LogP contribution is 2.45. The van der Waals surface area contributed by atoms with Crippen LogP contribution in [0.1, 0.15) is 12.8 Å². The van der Waals surface area contributed by atoms with Crippen molar-refractivity contribution in [3.05, 3.63) is 30.1 Å². The van der Waals surface area contributed by atoms with Crippen molar-refractivity contribution in [1.82, 2.24) is 0 Å². The number of rotatable bonds is 2. The Hall–Kier alpha value is -1.58. The van der Waals surface area contributed by atoms with Crippen LogP contribution in [0.4, 0.5) is 10.1 Å². The number of nitrogens with zero attached hydrogens (tertiary/aromatic N) is 1. The maximum atomic E-state index is 12.9. The fraction of sp³-hybridized carbons (Fsp3) is 0.462. The topological polar surface area (TPSA) is 40.5 Å². The summed E-state index contributed by atoms with van der Waals surface area (Å²) in [6.07, 6.45) is 2.04. The summed E-state index contributed by atoms with van der Waals surface area (Å²) < 4.78 is 12.9. The van der Waals surface area contributed by atoms with Crippen molar-refractivity contribution in [2.24, 2.45) is 11.8 Å². The van der Waals surface area contributed by atoms with Gasteiger partial charge in [-0.2, -0.15) is 0 Å². The van der Waals surface area contributed by atoms with Crippen LogP contribution in [-0.2, 0) is 4.79 Å². The first kappa shape index (κ1) is 10.6. The lowest BCUT2D eigenvalue weighted by Gasteiger charge is -2.52. The molecule has 3 aliphatic rings. The molecule has 1 saturated carbocycles. The summed E-state index contributed by atoms with van der Waals surface area (Å²) >= 11 is 0. The van der Waals surface area contributed by atoms with E-state index in [0.717, 1.165) is 25.1 Å². The third kappa shape index (κ3) is 1.68. The first-order chi connectivity index (χ1) is 8.15. The van der Waals surface area contributed by atoms with E-state index >= 15 is 0 Å². The highest BCUT2D eigenvalue weighted by atomic mass is 19.1. The third-order valence-corrected chi connectivity index (χ3v) is 3.92. The molecule has 2 saturated heterocycles. The second-order valence-corrected chi connectivity index (χ2v) is 5.01. The van der Waals surface area contributed by atoms with Crippen LogP contribution in [-0.4, -0.2) is 23.7 Å². The lowest BCUT2D eigenvalue weighted by atomic mass is 9.66. The Balaban J connectivity index is 1.90. The molecule has 0 amide bonds. The van der Waals surface area contributed by atoms with Crippen molar-refractivity contribution >= 4 is 11.7 Å². The molecule has 2 bridgehead atoms. The standard InChI is InChI=1S/C13H14FNO2/c14-10-1-3-11(4-2-10)15-7-8-5-9(6-8)12(15)13(16)17/h1-4,8-9,12H,5-7H2,(H,16,17). The summed E-state index contributed by atoms with van der Waals surface area (Å²) in [7, 11) is 0. The molecule has 1 aromatic carbocycles. The highest BCUT2D eigenvalue weighted by molar-refractivity contribution is 5.79. The van der Waals surface area contributed by atoms with Gasteiger partial charge in [0.25, 0.3) is 0 Å². The van der Waals surface area contributed by atoms with Crippen LogP contribution >= 0.6 is 0 Å². The quantitative estimate of drug-likeness (QED) is 0.853. The molecule has 4 rings (SSSR count). The van der Waals surface area contributed by atoms with Gasteiger partial charge in [-0.05, 0) is 48.9 Å². The van der Waals surface area contributed by atoms with Crippen molar-refractivity contribution in [3.63, 3.8) is 0 Å². The molecule has 1 aliphatic carbocycles. The fourth-order valence-corrected chi connectivity index (χ4v) is 3.07. The number of carboxylic acids is 1. The van der Waals surface area contributed by atoms with Gasteiger partial charge in [0.2, 0.25) is 0 Å². The molecular weight excluding hydrogens is 221 g/mol. The molecule has 90 valence electrons. The maximum Gasteiger partial charge on any atom is 0.326 e. The van der Waals surface area contributed by atoms with Crippen molar-refractivity contribution in [1.29, 1.82) is 0 Å². The summed E-state index contributed by atoms with van der Waals surface area (Å²) in [5.74, 6) is -0.183. The van der Waals surface area contributed by atoms with E-state index in [1.54, 1.807) is 12.1 Å². The van der Waals surface area contributed by atoms with Gasteiger partial charge in [0.15, 0.2) is 0 Å². The molecule has 4 heteroatoms. The minimum Gasteiger partial charge on any atom is -0.480 e. The SMILES string of the molecule is O=C(O)C1C2CC(C2)CN1c1ccc(F)cc1. The average molecular weight is 235 g/mol. The number of aliphatic carboxylic acids is 1. The lowest BCUT2D eigenvalue weighted by Crippen LogP contribution is -2.59. The normalized spacial score (nSPS) is 30.9. The number of hydrogen-bond donors (Lipinski definition) is 1. The Morgan fingerprint density at radius 2 is 1.94 bits per heavy atom. The van der Waals surface area contributed by atoms with E-state index in [-0.39, 0.29) is 11.7 Å². The zero-order chi connectivity index (χ0) is 12.0. The molecule has 2 aliphatic heterocycles. The van der Waals surface area contributed by atoms with Gasteiger partial charge in [0.1, 0.15) is 11.9 Å². The number of benzene rings is 1. The van der Waals surface area contributed by atoms with Crippen LogP contribution < -0.4 is 4.90 Å². The zero-order valence-electron chi connectivity index (χ0n) is 9.34. The molecule has 0 radical (unpaired) electrons. The molecule has 17 heavy (non-hydrogen) atoms. The van der Waals surface area contributed by atoms with E-state index in [0.29, 0.717) is 5.92 Å². The second kappa shape index (κ2) is 3.72. The number of carboxylic acid groups (broad SMARTS) is 1. The summed E-state index contributed by atoms with van der Waals surface area (Å²) in [4.78, 5) is 13.2. The molecule has 1 aromatic rings. The van der Waals surface area contributed by atoms with Crippen molar-refractivity contribution < 1.29 is 14.3 Å². The summed E-state index contributed by atoms with van der Waals surface area (Å²) in [5.41, 5.74) is 0.813. The van der Waals surface area contributed by atoms with Crippen LogP contribution in [0.2, 0.25) is 0 Å². The van der Waals surface area contributed by atoms with Gasteiger partial charge in [-0.3, -0.25) is 0 Å². The summed E-state index contributed by atoms with van der Waals surface area (Å²) in [6, 6.07) is 5.65. The predicted octanol–water partition coefficient (Wildman–Crippen LogP) is 2.13. The molecule has 3 fully saturated rings. The molecule has 0 spiro atoms. The van der Waals surface area contributed by atoms with E-state index in [9.17, 15) is 14.3 Å². The zero-order valence-corrected chi connectivity index (χ0v) is 9.34. The van der Waals surface area contributed by atoms with Crippen LogP contribution in [0, 0.1) is 17.7 Å². The van der Waals surface area contributed by atoms with Crippen LogP contribution in [0.15, 0.2) is 24.3 Å². The van der Waals surface area contributed by atoms with Crippen molar-refractivity contribution in [2.75, 3.05) is 11.4 Å². The second-order valence-electron chi connectivity index (χ2n) is 5.01. The van der Waals surface area contributed by atoms with E-state index < -0.39 is 12.0 Å². The lowest BCUT2D eigenvalue weighted by molar-refractivity contribution is -0.142. The van der Waals surface area contributed by atoms with Crippen molar-refractivity contribution in [2.45, 2.75) is 18.9 Å². The first-order valence-corrected chi connectivity index (χ1v) is 5.90. The highest BCUT2D eigenvalue weighted by Gasteiger charge is 2.47. The number of carbonyl (C=O) groups is 1. The number of fused-ring (bicyclic) bond motifs is 2. The number of piperidine rings is 2. The Labute approximate surface area is 98.9 Å². The fourth-order valence-electron chi connectivity index (χ4n) is 3.07. The summed E-state index contributed by atoms with van der Waals surface area (Å²) in [6.45, 7) is 0.777. The number of halogens is 1. The van der Waals surface area contributed by atoms with E-state index in [1.165, 1.54) is 12.1 Å². The molecule has 1 unspecified atom stereocenters. The van der Waals surface area contributed by atoms with Crippen LogP contribution in [0.25, 0.3) is 0 Å². The predicted molar refractivity (Wildman–Crippen MR) is 61.4 cm³/mol. The largest absolute Gasteiger partial charge is 0.480 e.